The summed E-state index contributed by atoms with van der Waals surface area (Å²) < 4.78 is 10.7. The molecule has 0 aliphatic heterocycles. The molecule has 1 heterocycles. The van der Waals surface area contributed by atoms with Crippen molar-refractivity contribution in [2.75, 3.05) is 13.7 Å². The number of hydrogen-bond acceptors (Lipinski definition) is 5. The molecule has 2 amide bonds. The van der Waals surface area contributed by atoms with Crippen molar-refractivity contribution in [3.63, 3.8) is 0 Å². The second-order valence-corrected chi connectivity index (χ2v) is 5.04. The molecule has 8 heteroatoms. The molecule has 0 aliphatic rings. The van der Waals surface area contributed by atoms with Gasteiger partial charge in [-0.25, -0.2) is 0 Å². The number of aromatic amines is 1. The molecule has 0 bridgehead atoms. The Bertz CT molecular complexity index is 816. The SMILES string of the molecule is CCCOc1ccc(C(=O)NNC(=O)c2ccc[nH]c2=O)cc1OC. The number of aromatic nitrogens is 1. The van der Waals surface area contributed by atoms with E-state index in [2.05, 4.69) is 15.8 Å². The van der Waals surface area contributed by atoms with Gasteiger partial charge in [-0.15, -0.1) is 0 Å². The van der Waals surface area contributed by atoms with Crippen molar-refractivity contribution in [2.24, 2.45) is 0 Å². The Hall–Kier alpha value is -3.29. The minimum absolute atomic E-state index is 0.108. The molecule has 2 aromatic rings. The van der Waals surface area contributed by atoms with Crippen LogP contribution in [-0.2, 0) is 0 Å². The normalized spacial score (nSPS) is 10.0. The van der Waals surface area contributed by atoms with Crippen LogP contribution in [0, 0.1) is 0 Å². The lowest BCUT2D eigenvalue weighted by atomic mass is 10.2. The topological polar surface area (TPSA) is 110 Å². The van der Waals surface area contributed by atoms with Crippen molar-refractivity contribution in [3.05, 3.63) is 58.0 Å². The van der Waals surface area contributed by atoms with Crippen molar-refractivity contribution in [1.29, 1.82) is 0 Å². The number of hydrogen-bond donors (Lipinski definition) is 3. The van der Waals surface area contributed by atoms with Crippen LogP contribution in [0.1, 0.15) is 34.1 Å². The molecule has 1 aromatic heterocycles. The first kappa shape index (κ1) is 18.1. The van der Waals surface area contributed by atoms with Gasteiger partial charge in [-0.2, -0.15) is 0 Å². The number of pyridine rings is 1. The van der Waals surface area contributed by atoms with E-state index in [1.54, 1.807) is 12.1 Å². The summed E-state index contributed by atoms with van der Waals surface area (Å²) in [6, 6.07) is 7.53. The highest BCUT2D eigenvalue weighted by molar-refractivity contribution is 5.99. The monoisotopic (exact) mass is 345 g/mol. The molecule has 0 atom stereocenters. The number of carbonyl (C=O) groups excluding carboxylic acids is 2. The van der Waals surface area contributed by atoms with Crippen LogP contribution in [0.15, 0.2) is 41.3 Å². The standard InChI is InChI=1S/C17H19N3O5/c1-3-9-25-13-7-6-11(10-14(13)24-2)15(21)19-20-17(23)12-5-4-8-18-16(12)22/h4-8,10H,3,9H2,1-2H3,(H,18,22)(H,19,21)(H,20,23). The lowest BCUT2D eigenvalue weighted by Crippen LogP contribution is -2.43. The average molecular weight is 345 g/mol. The van der Waals surface area contributed by atoms with Gasteiger partial charge in [0, 0.05) is 11.8 Å². The summed E-state index contributed by atoms with van der Waals surface area (Å²) in [5, 5.41) is 0. The molecule has 0 fully saturated rings. The van der Waals surface area contributed by atoms with Gasteiger partial charge in [-0.3, -0.25) is 25.2 Å². The van der Waals surface area contributed by atoms with Crippen molar-refractivity contribution in [1.82, 2.24) is 15.8 Å². The zero-order chi connectivity index (χ0) is 18.2. The highest BCUT2D eigenvalue weighted by Gasteiger charge is 2.14. The van der Waals surface area contributed by atoms with Crippen LogP contribution in [0.5, 0.6) is 11.5 Å². The lowest BCUT2D eigenvalue weighted by Gasteiger charge is -2.12. The highest BCUT2D eigenvalue weighted by atomic mass is 16.5. The second-order valence-electron chi connectivity index (χ2n) is 5.04. The van der Waals surface area contributed by atoms with Gasteiger partial charge in [0.25, 0.3) is 17.4 Å². The van der Waals surface area contributed by atoms with E-state index in [9.17, 15) is 14.4 Å². The number of carbonyl (C=O) groups is 2. The van der Waals surface area contributed by atoms with Gasteiger partial charge in [0.1, 0.15) is 5.56 Å². The molecule has 132 valence electrons. The number of ether oxygens (including phenoxy) is 2. The van der Waals surface area contributed by atoms with E-state index in [1.165, 1.54) is 31.5 Å². The van der Waals surface area contributed by atoms with E-state index < -0.39 is 17.4 Å². The van der Waals surface area contributed by atoms with E-state index in [1.807, 2.05) is 6.92 Å². The van der Waals surface area contributed by atoms with Crippen LogP contribution < -0.4 is 25.9 Å². The van der Waals surface area contributed by atoms with Crippen molar-refractivity contribution >= 4 is 11.8 Å². The van der Waals surface area contributed by atoms with E-state index in [0.717, 1.165) is 6.42 Å². The maximum atomic E-state index is 12.2. The van der Waals surface area contributed by atoms with Crippen LogP contribution in [0.4, 0.5) is 0 Å². The third-order valence-corrected chi connectivity index (χ3v) is 3.24. The van der Waals surface area contributed by atoms with E-state index in [0.29, 0.717) is 18.1 Å². The molecular weight excluding hydrogens is 326 g/mol. The Morgan fingerprint density at radius 3 is 2.56 bits per heavy atom. The predicted octanol–water partition coefficient (Wildman–Crippen LogP) is 1.25. The molecule has 0 radical (unpaired) electrons. The van der Waals surface area contributed by atoms with Crippen LogP contribution in [0.25, 0.3) is 0 Å². The summed E-state index contributed by atoms with van der Waals surface area (Å²) in [7, 11) is 1.47. The molecule has 0 saturated carbocycles. The molecule has 0 aliphatic carbocycles. The summed E-state index contributed by atoms with van der Waals surface area (Å²) >= 11 is 0. The lowest BCUT2D eigenvalue weighted by molar-refractivity contribution is 0.0845. The van der Waals surface area contributed by atoms with Gasteiger partial charge in [-0.1, -0.05) is 6.92 Å². The third-order valence-electron chi connectivity index (χ3n) is 3.24. The van der Waals surface area contributed by atoms with Crippen LogP contribution in [0.2, 0.25) is 0 Å². The molecule has 0 unspecified atom stereocenters. The number of amides is 2. The van der Waals surface area contributed by atoms with Crippen molar-refractivity contribution in [2.45, 2.75) is 13.3 Å². The van der Waals surface area contributed by atoms with E-state index in [4.69, 9.17) is 9.47 Å². The molecule has 25 heavy (non-hydrogen) atoms. The number of methoxy groups -OCH3 is 1. The molecule has 0 saturated heterocycles. The van der Waals surface area contributed by atoms with Gasteiger partial charge >= 0.3 is 0 Å². The second kappa shape index (κ2) is 8.53. The van der Waals surface area contributed by atoms with Gasteiger partial charge in [0.05, 0.1) is 13.7 Å². The number of benzene rings is 1. The fourth-order valence-electron chi connectivity index (χ4n) is 1.99. The zero-order valence-electron chi connectivity index (χ0n) is 13.9. The Kier molecular flexibility index (Phi) is 6.16. The minimum Gasteiger partial charge on any atom is -0.493 e. The first-order valence-electron chi connectivity index (χ1n) is 7.66. The molecule has 2 rings (SSSR count). The highest BCUT2D eigenvalue weighted by Crippen LogP contribution is 2.28. The summed E-state index contributed by atoms with van der Waals surface area (Å²) in [4.78, 5) is 38.0. The Morgan fingerprint density at radius 1 is 1.12 bits per heavy atom. The van der Waals surface area contributed by atoms with E-state index >= 15 is 0 Å². The molecule has 1 aromatic carbocycles. The molecular formula is C17H19N3O5. The van der Waals surface area contributed by atoms with Crippen LogP contribution in [0.3, 0.4) is 0 Å². The van der Waals surface area contributed by atoms with Crippen molar-refractivity contribution < 1.29 is 19.1 Å². The Balaban J connectivity index is 2.04. The fraction of sp³-hybridized carbons (Fsp3) is 0.235. The average Bonchev–Trinajstić information content (AvgIpc) is 2.64. The first-order valence-corrected chi connectivity index (χ1v) is 7.66. The number of nitrogens with one attached hydrogen (secondary N) is 3. The summed E-state index contributed by atoms with van der Waals surface area (Å²) in [6.07, 6.45) is 2.25. The smallest absolute Gasteiger partial charge is 0.275 e. The van der Waals surface area contributed by atoms with E-state index in [-0.39, 0.29) is 11.1 Å². The quantitative estimate of drug-likeness (QED) is 0.683. The fourth-order valence-corrected chi connectivity index (χ4v) is 1.99. The first-order chi connectivity index (χ1) is 12.1. The third kappa shape index (κ3) is 4.60. The molecule has 0 spiro atoms. The Labute approximate surface area is 144 Å². The number of H-pyrrole nitrogens is 1. The van der Waals surface area contributed by atoms with Gasteiger partial charge < -0.3 is 14.5 Å². The summed E-state index contributed by atoms with van der Waals surface area (Å²) in [5.74, 6) is -0.334. The van der Waals surface area contributed by atoms with Crippen LogP contribution >= 0.6 is 0 Å². The van der Waals surface area contributed by atoms with Crippen LogP contribution in [-0.4, -0.2) is 30.5 Å². The number of hydrazine groups is 1. The molecule has 8 nitrogen and oxygen atoms in total. The zero-order valence-corrected chi connectivity index (χ0v) is 13.9. The number of rotatable bonds is 6. The summed E-state index contributed by atoms with van der Waals surface area (Å²) in [5.41, 5.74) is 4.06. The predicted molar refractivity (Wildman–Crippen MR) is 90.8 cm³/mol. The summed E-state index contributed by atoms with van der Waals surface area (Å²) in [6.45, 7) is 2.51. The Morgan fingerprint density at radius 2 is 1.88 bits per heavy atom. The van der Waals surface area contributed by atoms with Crippen molar-refractivity contribution in [3.8, 4) is 11.5 Å². The maximum Gasteiger partial charge on any atom is 0.275 e. The molecule has 3 N–H and O–H groups in total. The minimum atomic E-state index is -0.718. The van der Waals surface area contributed by atoms with Gasteiger partial charge in [0.2, 0.25) is 0 Å². The largest absolute Gasteiger partial charge is 0.493 e. The van der Waals surface area contributed by atoms with Gasteiger partial charge in [-0.05, 0) is 36.8 Å². The van der Waals surface area contributed by atoms with Gasteiger partial charge in [0.15, 0.2) is 11.5 Å². The maximum absolute atomic E-state index is 12.2.